The van der Waals surface area contributed by atoms with Gasteiger partial charge >= 0.3 is 0 Å². The topological polar surface area (TPSA) is 83.8 Å². The number of benzene rings is 1. The second-order valence-corrected chi connectivity index (χ2v) is 6.62. The van der Waals surface area contributed by atoms with E-state index < -0.39 is 0 Å². The number of carbonyl (C=O) groups excluding carboxylic acids is 3. The molecular formula is C20H18N4O3. The molecule has 2 aromatic heterocycles. The van der Waals surface area contributed by atoms with Gasteiger partial charge in [0.1, 0.15) is 11.3 Å². The molecule has 1 aliphatic heterocycles. The Morgan fingerprint density at radius 3 is 2.52 bits per heavy atom. The Morgan fingerprint density at radius 1 is 1.11 bits per heavy atom. The summed E-state index contributed by atoms with van der Waals surface area (Å²) in [5.41, 5.74) is 3.58. The van der Waals surface area contributed by atoms with Crippen LogP contribution >= 0.6 is 0 Å². The molecule has 7 nitrogen and oxygen atoms in total. The fourth-order valence-corrected chi connectivity index (χ4v) is 3.06. The zero-order valence-corrected chi connectivity index (χ0v) is 14.8. The number of imidazole rings is 1. The highest BCUT2D eigenvalue weighted by Gasteiger charge is 2.28. The van der Waals surface area contributed by atoms with Crippen molar-refractivity contribution in [3.05, 3.63) is 65.6 Å². The van der Waals surface area contributed by atoms with Gasteiger partial charge in [0.25, 0.3) is 5.91 Å². The van der Waals surface area contributed by atoms with Crippen molar-refractivity contribution in [1.29, 1.82) is 0 Å². The van der Waals surface area contributed by atoms with Crippen LogP contribution < -0.4 is 5.32 Å². The number of aryl methyl sites for hydroxylation is 1. The molecule has 0 saturated carbocycles. The predicted molar refractivity (Wildman–Crippen MR) is 99.1 cm³/mol. The van der Waals surface area contributed by atoms with Gasteiger partial charge < -0.3 is 9.72 Å². The molecule has 0 atom stereocenters. The van der Waals surface area contributed by atoms with Crippen LogP contribution in [-0.2, 0) is 16.1 Å². The highest BCUT2D eigenvalue weighted by atomic mass is 16.2. The lowest BCUT2D eigenvalue weighted by Gasteiger charge is -2.14. The Morgan fingerprint density at radius 2 is 1.81 bits per heavy atom. The van der Waals surface area contributed by atoms with E-state index in [2.05, 4.69) is 10.3 Å². The van der Waals surface area contributed by atoms with Crippen molar-refractivity contribution >= 4 is 29.1 Å². The third-order valence-electron chi connectivity index (χ3n) is 4.56. The normalized spacial score (nSPS) is 14.2. The Bertz CT molecular complexity index is 1040. The van der Waals surface area contributed by atoms with Crippen LogP contribution in [0.2, 0.25) is 0 Å². The lowest BCUT2D eigenvalue weighted by Crippen LogP contribution is -2.28. The summed E-state index contributed by atoms with van der Waals surface area (Å²) in [5, 5.41) is 2.81. The van der Waals surface area contributed by atoms with Crippen molar-refractivity contribution in [1.82, 2.24) is 14.3 Å². The van der Waals surface area contributed by atoms with Crippen molar-refractivity contribution < 1.29 is 14.4 Å². The van der Waals surface area contributed by atoms with Gasteiger partial charge in [-0.15, -0.1) is 0 Å². The van der Waals surface area contributed by atoms with Crippen molar-refractivity contribution in [3.63, 3.8) is 0 Å². The molecule has 3 amide bonds. The molecule has 3 aromatic rings. The Kier molecular flexibility index (Phi) is 4.19. The summed E-state index contributed by atoms with van der Waals surface area (Å²) in [6, 6.07) is 10.9. The predicted octanol–water partition coefficient (Wildman–Crippen LogP) is 2.54. The molecule has 7 heteroatoms. The van der Waals surface area contributed by atoms with Gasteiger partial charge in [0.05, 0.1) is 6.54 Å². The summed E-state index contributed by atoms with van der Waals surface area (Å²) in [6.07, 6.45) is 4.12. The summed E-state index contributed by atoms with van der Waals surface area (Å²) in [6.45, 7) is 2.23. The Balaban J connectivity index is 1.45. The van der Waals surface area contributed by atoms with Crippen LogP contribution in [0.3, 0.4) is 0 Å². The van der Waals surface area contributed by atoms with E-state index >= 15 is 0 Å². The largest absolute Gasteiger partial charge is 0.321 e. The number of pyridine rings is 1. The first kappa shape index (κ1) is 17.0. The molecule has 0 aliphatic carbocycles. The number of hydrogen-bond donors (Lipinski definition) is 1. The maximum Gasteiger partial charge on any atom is 0.275 e. The third kappa shape index (κ3) is 3.44. The fraction of sp³-hybridized carbons (Fsp3) is 0.200. The molecule has 27 heavy (non-hydrogen) atoms. The minimum absolute atomic E-state index is 0.139. The summed E-state index contributed by atoms with van der Waals surface area (Å²) >= 11 is 0. The number of fused-ring (bicyclic) bond motifs is 1. The maximum absolute atomic E-state index is 12.4. The first-order valence-electron chi connectivity index (χ1n) is 8.68. The molecule has 1 saturated heterocycles. The molecular weight excluding hydrogens is 344 g/mol. The highest BCUT2D eigenvalue weighted by Crippen LogP contribution is 2.18. The van der Waals surface area contributed by atoms with E-state index in [1.807, 2.05) is 25.3 Å². The number of aromatic nitrogens is 2. The van der Waals surface area contributed by atoms with Crippen molar-refractivity contribution in [2.45, 2.75) is 26.3 Å². The van der Waals surface area contributed by atoms with E-state index in [9.17, 15) is 14.4 Å². The van der Waals surface area contributed by atoms with Gasteiger partial charge in [-0.25, -0.2) is 4.98 Å². The number of amides is 3. The Labute approximate surface area is 155 Å². The maximum atomic E-state index is 12.4. The van der Waals surface area contributed by atoms with Gasteiger partial charge in [0, 0.05) is 30.9 Å². The zero-order chi connectivity index (χ0) is 19.0. The van der Waals surface area contributed by atoms with E-state index in [0.717, 1.165) is 16.8 Å². The number of nitrogens with zero attached hydrogens (tertiary/aromatic N) is 3. The minimum Gasteiger partial charge on any atom is -0.321 e. The van der Waals surface area contributed by atoms with Crippen LogP contribution in [-0.4, -0.2) is 32.0 Å². The van der Waals surface area contributed by atoms with Gasteiger partial charge in [0.2, 0.25) is 11.8 Å². The smallest absolute Gasteiger partial charge is 0.275 e. The number of carbonyl (C=O) groups is 3. The van der Waals surface area contributed by atoms with E-state index in [1.54, 1.807) is 34.9 Å². The lowest BCUT2D eigenvalue weighted by molar-refractivity contribution is -0.139. The van der Waals surface area contributed by atoms with E-state index in [-0.39, 0.29) is 37.1 Å². The molecule has 136 valence electrons. The van der Waals surface area contributed by atoms with Crippen LogP contribution in [0.1, 0.15) is 34.5 Å². The van der Waals surface area contributed by atoms with Crippen LogP contribution in [0, 0.1) is 6.92 Å². The number of likely N-dealkylation sites (tertiary alicyclic amines) is 1. The average Bonchev–Trinajstić information content (AvgIpc) is 3.21. The fourth-order valence-electron chi connectivity index (χ4n) is 3.06. The van der Waals surface area contributed by atoms with E-state index in [4.69, 9.17) is 0 Å². The molecule has 0 unspecified atom stereocenters. The van der Waals surface area contributed by atoms with Gasteiger partial charge in [-0.1, -0.05) is 12.1 Å². The molecule has 1 N–H and O–H groups in total. The summed E-state index contributed by atoms with van der Waals surface area (Å²) < 4.78 is 1.80. The van der Waals surface area contributed by atoms with Gasteiger partial charge in [-0.05, 0) is 42.3 Å². The monoisotopic (exact) mass is 362 g/mol. The molecule has 0 bridgehead atoms. The van der Waals surface area contributed by atoms with Crippen LogP contribution in [0.5, 0.6) is 0 Å². The number of rotatable bonds is 4. The SMILES string of the molecule is Cc1ccn2cc(C(=O)Nc3ccc(CN4C(=O)CCC4=O)cc3)nc2c1. The van der Waals surface area contributed by atoms with Crippen molar-refractivity contribution in [2.24, 2.45) is 0 Å². The highest BCUT2D eigenvalue weighted by molar-refractivity contribution is 6.03. The molecule has 4 rings (SSSR count). The molecule has 0 radical (unpaired) electrons. The third-order valence-corrected chi connectivity index (χ3v) is 4.56. The van der Waals surface area contributed by atoms with Crippen molar-refractivity contribution in [2.75, 3.05) is 5.32 Å². The van der Waals surface area contributed by atoms with Crippen LogP contribution in [0.4, 0.5) is 5.69 Å². The van der Waals surface area contributed by atoms with Crippen LogP contribution in [0.25, 0.3) is 5.65 Å². The summed E-state index contributed by atoms with van der Waals surface area (Å²) in [7, 11) is 0. The second-order valence-electron chi connectivity index (χ2n) is 6.62. The minimum atomic E-state index is -0.297. The first-order chi connectivity index (χ1) is 13.0. The summed E-state index contributed by atoms with van der Waals surface area (Å²) in [4.78, 5) is 41.4. The zero-order valence-electron chi connectivity index (χ0n) is 14.8. The standard InChI is InChI=1S/C20H18N4O3/c1-13-8-9-23-12-16(22-17(23)10-13)20(27)21-15-4-2-14(3-5-15)11-24-18(25)6-7-19(24)26/h2-5,8-10,12H,6-7,11H2,1H3,(H,21,27). The number of imide groups is 1. The molecule has 1 aliphatic rings. The molecule has 1 aromatic carbocycles. The second kappa shape index (κ2) is 6.68. The van der Waals surface area contributed by atoms with E-state index in [0.29, 0.717) is 11.4 Å². The molecule has 3 heterocycles. The average molecular weight is 362 g/mol. The Hall–Kier alpha value is -3.48. The van der Waals surface area contributed by atoms with Gasteiger partial charge in [-0.2, -0.15) is 0 Å². The number of anilines is 1. The molecule has 0 spiro atoms. The number of hydrogen-bond acceptors (Lipinski definition) is 4. The summed E-state index contributed by atoms with van der Waals surface area (Å²) in [5.74, 6) is -0.576. The lowest BCUT2D eigenvalue weighted by atomic mass is 10.2. The number of nitrogens with one attached hydrogen (secondary N) is 1. The van der Waals surface area contributed by atoms with Crippen LogP contribution in [0.15, 0.2) is 48.8 Å². The van der Waals surface area contributed by atoms with Gasteiger partial charge in [-0.3, -0.25) is 19.3 Å². The van der Waals surface area contributed by atoms with E-state index in [1.165, 1.54) is 4.90 Å². The molecule has 1 fully saturated rings. The van der Waals surface area contributed by atoms with Gasteiger partial charge in [0.15, 0.2) is 0 Å². The quantitative estimate of drug-likeness (QED) is 0.723. The first-order valence-corrected chi connectivity index (χ1v) is 8.68. The van der Waals surface area contributed by atoms with Crippen molar-refractivity contribution in [3.8, 4) is 0 Å².